The van der Waals surface area contributed by atoms with E-state index >= 15 is 0 Å². The highest BCUT2D eigenvalue weighted by Crippen LogP contribution is 2.12. The van der Waals surface area contributed by atoms with Gasteiger partial charge < -0.3 is 14.6 Å². The average molecular weight is 210 g/mol. The molecule has 4 nitrogen and oxygen atoms in total. The molecule has 0 saturated carbocycles. The van der Waals surface area contributed by atoms with E-state index in [1.54, 1.807) is 0 Å². The Labute approximate surface area is 90.0 Å². The first-order valence-corrected chi connectivity index (χ1v) is 5.55. The molecular formula is C11H18N2O2. The molecule has 0 spiro atoms. The fourth-order valence-corrected chi connectivity index (χ4v) is 1.87. The quantitative estimate of drug-likeness (QED) is 0.818. The highest BCUT2D eigenvalue weighted by atomic mass is 16.5. The van der Waals surface area contributed by atoms with Crippen LogP contribution < -0.4 is 5.32 Å². The van der Waals surface area contributed by atoms with E-state index in [0.29, 0.717) is 5.92 Å². The summed E-state index contributed by atoms with van der Waals surface area (Å²) in [6.07, 6.45) is 2.46. The van der Waals surface area contributed by atoms with Crippen LogP contribution in [0.1, 0.15) is 24.3 Å². The molecule has 4 heteroatoms. The van der Waals surface area contributed by atoms with Crippen molar-refractivity contribution in [2.24, 2.45) is 5.92 Å². The number of nitrogens with zero attached hydrogens (tertiary/aromatic N) is 1. The van der Waals surface area contributed by atoms with Crippen molar-refractivity contribution in [1.29, 1.82) is 0 Å². The molecule has 1 fully saturated rings. The number of hydrogen-bond donors (Lipinski definition) is 1. The molecule has 0 aliphatic carbocycles. The molecule has 1 saturated heterocycles. The molecule has 1 atom stereocenters. The topological polar surface area (TPSA) is 47.3 Å². The van der Waals surface area contributed by atoms with Crippen molar-refractivity contribution in [2.75, 3.05) is 19.8 Å². The fraction of sp³-hybridized carbons (Fsp3) is 0.727. The summed E-state index contributed by atoms with van der Waals surface area (Å²) >= 11 is 0. The van der Waals surface area contributed by atoms with Crippen LogP contribution in [0.2, 0.25) is 0 Å². The highest BCUT2D eigenvalue weighted by molar-refractivity contribution is 5.02. The van der Waals surface area contributed by atoms with E-state index < -0.39 is 0 Å². The SMILES string of the molecule is Cc1cc(CNCC2CCCOC2)no1. The second-order valence-electron chi connectivity index (χ2n) is 4.14. The highest BCUT2D eigenvalue weighted by Gasteiger charge is 2.13. The molecule has 1 aromatic heterocycles. The summed E-state index contributed by atoms with van der Waals surface area (Å²) in [6.45, 7) is 5.52. The first-order valence-electron chi connectivity index (χ1n) is 5.55. The minimum Gasteiger partial charge on any atom is -0.381 e. The number of aryl methyl sites for hydroxylation is 1. The lowest BCUT2D eigenvalue weighted by Crippen LogP contribution is -2.28. The Morgan fingerprint density at radius 1 is 1.60 bits per heavy atom. The Bertz CT molecular complexity index is 293. The minimum atomic E-state index is 0.659. The lowest BCUT2D eigenvalue weighted by Gasteiger charge is -2.21. The molecule has 1 aliphatic rings. The van der Waals surface area contributed by atoms with Gasteiger partial charge in [0.05, 0.1) is 12.3 Å². The summed E-state index contributed by atoms with van der Waals surface area (Å²) in [6, 6.07) is 1.96. The van der Waals surface area contributed by atoms with Crippen LogP contribution in [0.5, 0.6) is 0 Å². The predicted molar refractivity (Wildman–Crippen MR) is 56.5 cm³/mol. The van der Waals surface area contributed by atoms with Gasteiger partial charge >= 0.3 is 0 Å². The van der Waals surface area contributed by atoms with Crippen LogP contribution >= 0.6 is 0 Å². The Morgan fingerprint density at radius 3 is 3.20 bits per heavy atom. The molecule has 1 N–H and O–H groups in total. The van der Waals surface area contributed by atoms with Gasteiger partial charge in [-0.1, -0.05) is 5.16 Å². The number of hydrogen-bond acceptors (Lipinski definition) is 4. The molecule has 2 rings (SSSR count). The normalized spacial score (nSPS) is 21.8. The van der Waals surface area contributed by atoms with Crippen LogP contribution in [-0.4, -0.2) is 24.9 Å². The van der Waals surface area contributed by atoms with E-state index in [1.165, 1.54) is 12.8 Å². The van der Waals surface area contributed by atoms with Crippen LogP contribution in [0.4, 0.5) is 0 Å². The second kappa shape index (κ2) is 5.28. The number of aromatic nitrogens is 1. The molecule has 2 heterocycles. The first kappa shape index (κ1) is 10.6. The predicted octanol–water partition coefficient (Wildman–Crippen LogP) is 1.50. The number of nitrogens with one attached hydrogen (secondary N) is 1. The van der Waals surface area contributed by atoms with E-state index in [2.05, 4.69) is 10.5 Å². The van der Waals surface area contributed by atoms with Gasteiger partial charge in [-0.05, 0) is 25.7 Å². The molecule has 0 radical (unpaired) electrons. The maximum atomic E-state index is 5.41. The number of ether oxygens (including phenoxy) is 1. The van der Waals surface area contributed by atoms with Crippen LogP contribution in [-0.2, 0) is 11.3 Å². The van der Waals surface area contributed by atoms with E-state index in [1.807, 2.05) is 13.0 Å². The largest absolute Gasteiger partial charge is 0.381 e. The Kier molecular flexibility index (Phi) is 3.75. The van der Waals surface area contributed by atoms with Gasteiger partial charge in [0.1, 0.15) is 5.76 Å². The van der Waals surface area contributed by atoms with E-state index in [0.717, 1.165) is 37.8 Å². The average Bonchev–Trinajstić information content (AvgIpc) is 2.66. The molecule has 15 heavy (non-hydrogen) atoms. The van der Waals surface area contributed by atoms with Gasteiger partial charge in [-0.2, -0.15) is 0 Å². The second-order valence-corrected chi connectivity index (χ2v) is 4.14. The summed E-state index contributed by atoms with van der Waals surface area (Å²) in [5.74, 6) is 1.53. The van der Waals surface area contributed by atoms with Gasteiger partial charge in [0.25, 0.3) is 0 Å². The molecule has 1 aliphatic heterocycles. The molecular weight excluding hydrogens is 192 g/mol. The van der Waals surface area contributed by atoms with Crippen molar-refractivity contribution < 1.29 is 9.26 Å². The summed E-state index contributed by atoms with van der Waals surface area (Å²) in [7, 11) is 0. The third-order valence-electron chi connectivity index (χ3n) is 2.67. The Balaban J connectivity index is 1.65. The molecule has 84 valence electrons. The van der Waals surface area contributed by atoms with Crippen molar-refractivity contribution >= 4 is 0 Å². The Hall–Kier alpha value is -0.870. The first-order chi connectivity index (χ1) is 7.34. The van der Waals surface area contributed by atoms with Crippen LogP contribution in [0.3, 0.4) is 0 Å². The van der Waals surface area contributed by atoms with Gasteiger partial charge in [0.2, 0.25) is 0 Å². The van der Waals surface area contributed by atoms with Crippen LogP contribution in [0.25, 0.3) is 0 Å². The van der Waals surface area contributed by atoms with Crippen molar-refractivity contribution in [3.63, 3.8) is 0 Å². The van der Waals surface area contributed by atoms with Crippen molar-refractivity contribution in [3.05, 3.63) is 17.5 Å². The monoisotopic (exact) mass is 210 g/mol. The van der Waals surface area contributed by atoms with Crippen molar-refractivity contribution in [1.82, 2.24) is 10.5 Å². The molecule has 1 aromatic rings. The van der Waals surface area contributed by atoms with E-state index in [9.17, 15) is 0 Å². The fourth-order valence-electron chi connectivity index (χ4n) is 1.87. The van der Waals surface area contributed by atoms with Crippen molar-refractivity contribution in [3.8, 4) is 0 Å². The molecule has 1 unspecified atom stereocenters. The maximum absolute atomic E-state index is 5.41. The van der Waals surface area contributed by atoms with Gasteiger partial charge in [0.15, 0.2) is 0 Å². The zero-order valence-electron chi connectivity index (χ0n) is 9.16. The third-order valence-corrected chi connectivity index (χ3v) is 2.67. The lowest BCUT2D eigenvalue weighted by molar-refractivity contribution is 0.0547. The summed E-state index contributed by atoms with van der Waals surface area (Å²) < 4.78 is 10.4. The Morgan fingerprint density at radius 2 is 2.53 bits per heavy atom. The molecule has 0 aromatic carbocycles. The smallest absolute Gasteiger partial charge is 0.133 e. The summed E-state index contributed by atoms with van der Waals surface area (Å²) in [5.41, 5.74) is 0.976. The molecule has 0 bridgehead atoms. The maximum Gasteiger partial charge on any atom is 0.133 e. The van der Waals surface area contributed by atoms with E-state index in [4.69, 9.17) is 9.26 Å². The van der Waals surface area contributed by atoms with Gasteiger partial charge in [-0.15, -0.1) is 0 Å². The van der Waals surface area contributed by atoms with E-state index in [-0.39, 0.29) is 0 Å². The van der Waals surface area contributed by atoms with Crippen molar-refractivity contribution in [2.45, 2.75) is 26.3 Å². The summed E-state index contributed by atoms with van der Waals surface area (Å²) in [4.78, 5) is 0. The summed E-state index contributed by atoms with van der Waals surface area (Å²) in [5, 5.41) is 7.31. The zero-order valence-corrected chi connectivity index (χ0v) is 9.16. The van der Waals surface area contributed by atoms with Gasteiger partial charge in [0, 0.05) is 25.8 Å². The standard InChI is InChI=1S/C11H18N2O2/c1-9-5-11(13-15-9)7-12-6-10-3-2-4-14-8-10/h5,10,12H,2-4,6-8H2,1H3. The minimum absolute atomic E-state index is 0.659. The lowest BCUT2D eigenvalue weighted by atomic mass is 10.0. The van der Waals surface area contributed by atoms with Gasteiger partial charge in [-0.3, -0.25) is 0 Å². The van der Waals surface area contributed by atoms with Crippen LogP contribution in [0, 0.1) is 12.8 Å². The third kappa shape index (κ3) is 3.32. The molecule has 0 amide bonds. The zero-order chi connectivity index (χ0) is 10.5. The van der Waals surface area contributed by atoms with Gasteiger partial charge in [-0.25, -0.2) is 0 Å². The van der Waals surface area contributed by atoms with Crippen LogP contribution in [0.15, 0.2) is 10.6 Å². The number of rotatable bonds is 4.